The Morgan fingerprint density at radius 1 is 1.05 bits per heavy atom. The van der Waals surface area contributed by atoms with Crippen molar-refractivity contribution in [2.45, 2.75) is 46.1 Å². The van der Waals surface area contributed by atoms with Gasteiger partial charge in [-0.15, -0.1) is 0 Å². The molecule has 0 aliphatic heterocycles. The minimum absolute atomic E-state index is 0.0103. The highest BCUT2D eigenvalue weighted by atomic mass is 19.3. The first-order valence-corrected chi connectivity index (χ1v) is 6.90. The van der Waals surface area contributed by atoms with Crippen molar-refractivity contribution in [1.29, 1.82) is 0 Å². The van der Waals surface area contributed by atoms with E-state index in [1.54, 1.807) is 13.0 Å². The number of nitrogens with zero attached hydrogens (tertiary/aromatic N) is 3. The van der Waals surface area contributed by atoms with Gasteiger partial charge in [0.15, 0.2) is 0 Å². The molecule has 0 saturated heterocycles. The van der Waals surface area contributed by atoms with Gasteiger partial charge in [-0.05, 0) is 30.5 Å². The Morgan fingerprint density at radius 2 is 1.73 bits per heavy atom. The summed E-state index contributed by atoms with van der Waals surface area (Å²) < 4.78 is 52.1. The van der Waals surface area contributed by atoms with Gasteiger partial charge in [0, 0.05) is 11.4 Å². The molecule has 2 heterocycles. The van der Waals surface area contributed by atoms with Crippen LogP contribution < -0.4 is 0 Å². The number of rotatable bonds is 5. The second-order valence-corrected chi connectivity index (χ2v) is 5.39. The molecule has 0 spiro atoms. The first-order valence-electron chi connectivity index (χ1n) is 6.90. The highest BCUT2D eigenvalue weighted by Crippen LogP contribution is 2.26. The van der Waals surface area contributed by atoms with E-state index in [0.29, 0.717) is 11.3 Å². The van der Waals surface area contributed by atoms with Gasteiger partial charge < -0.3 is 0 Å². The lowest BCUT2D eigenvalue weighted by Gasteiger charge is -2.11. The lowest BCUT2D eigenvalue weighted by atomic mass is 10.1. The lowest BCUT2D eigenvalue weighted by Crippen LogP contribution is -2.09. The first-order chi connectivity index (χ1) is 10.3. The molecule has 2 rings (SSSR count). The fourth-order valence-electron chi connectivity index (χ4n) is 2.12. The average molecular weight is 315 g/mol. The summed E-state index contributed by atoms with van der Waals surface area (Å²) in [5.41, 5.74) is 1.10. The molecular formula is C15H17F4N3. The predicted molar refractivity (Wildman–Crippen MR) is 74.3 cm³/mol. The van der Waals surface area contributed by atoms with Gasteiger partial charge in [-0.3, -0.25) is 9.67 Å². The number of pyridine rings is 1. The van der Waals surface area contributed by atoms with Crippen LogP contribution >= 0.6 is 0 Å². The lowest BCUT2D eigenvalue weighted by molar-refractivity contribution is 0.139. The molecule has 0 atom stereocenters. The van der Waals surface area contributed by atoms with Gasteiger partial charge >= 0.3 is 0 Å². The van der Waals surface area contributed by atoms with Crippen molar-refractivity contribution < 1.29 is 17.6 Å². The number of aryl methyl sites for hydroxylation is 1. The Hall–Kier alpha value is -1.92. The highest BCUT2D eigenvalue weighted by Gasteiger charge is 2.21. The SMILES string of the molecule is Cc1nc(C(C)C)ccc1Cn1nc(C(F)F)cc1C(F)F. The van der Waals surface area contributed by atoms with E-state index in [2.05, 4.69) is 10.1 Å². The van der Waals surface area contributed by atoms with Gasteiger partial charge in [0.1, 0.15) is 11.4 Å². The van der Waals surface area contributed by atoms with E-state index >= 15 is 0 Å². The summed E-state index contributed by atoms with van der Waals surface area (Å²) in [5.74, 6) is 0.250. The minimum atomic E-state index is -2.87. The molecule has 0 saturated carbocycles. The molecule has 0 aromatic carbocycles. The van der Waals surface area contributed by atoms with Crippen molar-refractivity contribution in [2.75, 3.05) is 0 Å². The van der Waals surface area contributed by atoms with E-state index < -0.39 is 24.2 Å². The van der Waals surface area contributed by atoms with Crippen molar-refractivity contribution in [3.63, 3.8) is 0 Å². The third-order valence-corrected chi connectivity index (χ3v) is 3.41. The third-order valence-electron chi connectivity index (χ3n) is 3.41. The van der Waals surface area contributed by atoms with Crippen LogP contribution in [0.3, 0.4) is 0 Å². The predicted octanol–water partition coefficient (Wildman–Crippen LogP) is 4.63. The topological polar surface area (TPSA) is 30.7 Å². The zero-order valence-corrected chi connectivity index (χ0v) is 12.5. The molecule has 0 N–H and O–H groups in total. The number of hydrogen-bond acceptors (Lipinski definition) is 2. The maximum atomic E-state index is 13.0. The van der Waals surface area contributed by atoms with Gasteiger partial charge in [0.2, 0.25) is 0 Å². The molecular weight excluding hydrogens is 298 g/mol. The molecule has 0 aliphatic rings. The molecule has 2 aromatic rings. The fourth-order valence-corrected chi connectivity index (χ4v) is 2.12. The number of aromatic nitrogens is 3. The van der Waals surface area contributed by atoms with Crippen LogP contribution in [0.5, 0.6) is 0 Å². The van der Waals surface area contributed by atoms with Gasteiger partial charge in [-0.1, -0.05) is 19.9 Å². The Balaban J connectivity index is 2.34. The molecule has 0 fully saturated rings. The summed E-state index contributed by atoms with van der Waals surface area (Å²) >= 11 is 0. The van der Waals surface area contributed by atoms with Crippen molar-refractivity contribution in [1.82, 2.24) is 14.8 Å². The summed E-state index contributed by atoms with van der Waals surface area (Å²) in [4.78, 5) is 4.41. The quantitative estimate of drug-likeness (QED) is 0.753. The first kappa shape index (κ1) is 16.5. The number of hydrogen-bond donors (Lipinski definition) is 0. The van der Waals surface area contributed by atoms with Gasteiger partial charge in [0.05, 0.1) is 6.54 Å². The molecule has 0 bridgehead atoms. The molecule has 120 valence electrons. The van der Waals surface area contributed by atoms with E-state index in [4.69, 9.17) is 0 Å². The largest absolute Gasteiger partial charge is 0.282 e. The highest BCUT2D eigenvalue weighted by molar-refractivity contribution is 5.25. The standard InChI is InChI=1S/C15H17F4N3/c1-8(2)11-5-4-10(9(3)20-11)7-22-13(15(18)19)6-12(21-22)14(16)17/h4-6,8,14-15H,7H2,1-3H3. The van der Waals surface area contributed by atoms with E-state index in [0.717, 1.165) is 16.4 Å². The Morgan fingerprint density at radius 3 is 2.23 bits per heavy atom. The Kier molecular flexibility index (Phi) is 4.83. The van der Waals surface area contributed by atoms with Gasteiger partial charge in [-0.25, -0.2) is 17.6 Å². The van der Waals surface area contributed by atoms with E-state index in [1.807, 2.05) is 19.9 Å². The van der Waals surface area contributed by atoms with E-state index in [-0.39, 0.29) is 12.5 Å². The van der Waals surface area contributed by atoms with Crippen LogP contribution in [0.25, 0.3) is 0 Å². The van der Waals surface area contributed by atoms with Crippen LogP contribution in [-0.4, -0.2) is 14.8 Å². The zero-order chi connectivity index (χ0) is 16.4. The Bertz CT molecular complexity index is 650. The summed E-state index contributed by atoms with van der Waals surface area (Å²) in [7, 11) is 0. The van der Waals surface area contributed by atoms with Crippen molar-refractivity contribution in [2.24, 2.45) is 0 Å². The maximum absolute atomic E-state index is 13.0. The van der Waals surface area contributed by atoms with Crippen LogP contribution in [0.15, 0.2) is 18.2 Å². The average Bonchev–Trinajstić information content (AvgIpc) is 2.85. The third kappa shape index (κ3) is 3.45. The minimum Gasteiger partial charge on any atom is -0.259 e. The summed E-state index contributed by atoms with van der Waals surface area (Å²) in [5, 5.41) is 3.58. The molecule has 3 nitrogen and oxygen atoms in total. The number of alkyl halides is 4. The van der Waals surface area contributed by atoms with Crippen molar-refractivity contribution >= 4 is 0 Å². The normalized spacial score (nSPS) is 11.9. The van der Waals surface area contributed by atoms with Gasteiger partial charge in [-0.2, -0.15) is 5.10 Å². The number of halogens is 4. The molecule has 22 heavy (non-hydrogen) atoms. The molecule has 0 aliphatic carbocycles. The van der Waals surface area contributed by atoms with E-state index in [9.17, 15) is 17.6 Å². The molecule has 0 amide bonds. The fraction of sp³-hybridized carbons (Fsp3) is 0.467. The summed E-state index contributed by atoms with van der Waals surface area (Å²) in [6.45, 7) is 5.75. The second-order valence-electron chi connectivity index (χ2n) is 5.39. The van der Waals surface area contributed by atoms with Crippen LogP contribution in [0.4, 0.5) is 17.6 Å². The van der Waals surface area contributed by atoms with E-state index in [1.165, 1.54) is 0 Å². The van der Waals surface area contributed by atoms with Crippen LogP contribution in [-0.2, 0) is 6.54 Å². The van der Waals surface area contributed by atoms with Crippen LogP contribution in [0.2, 0.25) is 0 Å². The molecule has 0 unspecified atom stereocenters. The smallest absolute Gasteiger partial charge is 0.259 e. The monoisotopic (exact) mass is 315 g/mol. The molecule has 0 radical (unpaired) electrons. The molecule has 7 heteroatoms. The summed E-state index contributed by atoms with van der Waals surface area (Å²) in [6.07, 6.45) is -5.73. The second kappa shape index (κ2) is 6.46. The maximum Gasteiger partial charge on any atom is 0.282 e. The zero-order valence-electron chi connectivity index (χ0n) is 12.5. The van der Waals surface area contributed by atoms with Gasteiger partial charge in [0.25, 0.3) is 12.9 Å². The van der Waals surface area contributed by atoms with Crippen molar-refractivity contribution in [3.8, 4) is 0 Å². The Labute approximate surface area is 126 Å². The van der Waals surface area contributed by atoms with Crippen LogP contribution in [0.1, 0.15) is 61.0 Å². The van der Waals surface area contributed by atoms with Crippen LogP contribution in [0, 0.1) is 6.92 Å². The summed E-state index contributed by atoms with van der Waals surface area (Å²) in [6, 6.07) is 4.34. The molecule has 2 aromatic heterocycles. The van der Waals surface area contributed by atoms with Crippen molar-refractivity contribution in [3.05, 3.63) is 46.5 Å².